The second-order valence-corrected chi connectivity index (χ2v) is 8.53. The van der Waals surface area contributed by atoms with E-state index in [1.165, 1.54) is 38.3 Å². The zero-order valence-electron chi connectivity index (χ0n) is 17.5. The van der Waals surface area contributed by atoms with Crippen LogP contribution in [0.25, 0.3) is 0 Å². The Kier molecular flexibility index (Phi) is 10.9. The van der Waals surface area contributed by atoms with Crippen LogP contribution < -0.4 is 11.1 Å². The van der Waals surface area contributed by atoms with Gasteiger partial charge in [-0.15, -0.1) is 11.8 Å². The van der Waals surface area contributed by atoms with Crippen molar-refractivity contribution in [1.29, 1.82) is 0 Å². The number of nitrogens with two attached hydrogens (primary N) is 1. The van der Waals surface area contributed by atoms with E-state index in [1.54, 1.807) is 18.1 Å². The van der Waals surface area contributed by atoms with Crippen LogP contribution >= 0.6 is 11.8 Å². The summed E-state index contributed by atoms with van der Waals surface area (Å²) in [6.07, 6.45) is 13.5. The molecule has 0 aromatic rings. The van der Waals surface area contributed by atoms with Crippen LogP contribution in [0.1, 0.15) is 59.3 Å². The fourth-order valence-corrected chi connectivity index (χ4v) is 4.21. The molecule has 0 aromatic heterocycles. The Labute approximate surface area is 169 Å². The molecule has 152 valence electrons. The standard InChI is InChI=1S/C21H36N4OS/c1-6-7-8-9-10-11-16(2)23-15-24-21-19(14-26)27-17(3)20(21)18(12-13-22)25(4)5/h12-17H,6-11,22H2,1-5H3,(H,23,24)/b13-12-,20-18-. The molecular weight excluding hydrogens is 356 g/mol. The van der Waals surface area contributed by atoms with Crippen LogP contribution in [0.3, 0.4) is 0 Å². The molecule has 5 nitrogen and oxygen atoms in total. The van der Waals surface area contributed by atoms with Crippen LogP contribution in [0.4, 0.5) is 0 Å². The third-order valence-electron chi connectivity index (χ3n) is 4.61. The van der Waals surface area contributed by atoms with Crippen molar-refractivity contribution < 1.29 is 4.79 Å². The van der Waals surface area contributed by atoms with Crippen LogP contribution in [0.2, 0.25) is 0 Å². The molecule has 0 fully saturated rings. The van der Waals surface area contributed by atoms with Crippen LogP contribution in [-0.2, 0) is 4.79 Å². The van der Waals surface area contributed by atoms with Crippen molar-refractivity contribution >= 4 is 24.4 Å². The highest BCUT2D eigenvalue weighted by Gasteiger charge is 2.29. The lowest BCUT2D eigenvalue weighted by Crippen LogP contribution is -2.21. The van der Waals surface area contributed by atoms with Gasteiger partial charge in [-0.25, -0.2) is 0 Å². The Morgan fingerprint density at radius 3 is 2.63 bits per heavy atom. The Balaban J connectivity index is 2.82. The summed E-state index contributed by atoms with van der Waals surface area (Å²) >= 11 is 1.56. The third kappa shape index (κ3) is 7.45. The molecule has 0 radical (unpaired) electrons. The highest BCUT2D eigenvalue weighted by Crippen LogP contribution is 2.41. The fourth-order valence-electron chi connectivity index (χ4n) is 3.13. The number of carbonyl (C=O) groups excluding carboxylic acids is 1. The molecule has 0 spiro atoms. The maximum atomic E-state index is 11.5. The first-order valence-corrected chi connectivity index (χ1v) is 10.8. The lowest BCUT2D eigenvalue weighted by molar-refractivity contribution is -0.104. The first-order chi connectivity index (χ1) is 13.0. The van der Waals surface area contributed by atoms with Crippen molar-refractivity contribution in [1.82, 2.24) is 10.2 Å². The van der Waals surface area contributed by atoms with Gasteiger partial charge in [0.25, 0.3) is 0 Å². The first-order valence-electron chi connectivity index (χ1n) is 9.90. The van der Waals surface area contributed by atoms with Crippen LogP contribution in [0, 0.1) is 0 Å². The van der Waals surface area contributed by atoms with Crippen LogP contribution in [0.15, 0.2) is 39.1 Å². The van der Waals surface area contributed by atoms with Crippen molar-refractivity contribution in [2.24, 2.45) is 10.7 Å². The van der Waals surface area contributed by atoms with E-state index in [0.717, 1.165) is 29.7 Å². The second-order valence-electron chi connectivity index (χ2n) is 7.14. The van der Waals surface area contributed by atoms with Gasteiger partial charge < -0.3 is 16.0 Å². The maximum absolute atomic E-state index is 11.5. The van der Waals surface area contributed by atoms with Gasteiger partial charge in [0, 0.05) is 36.7 Å². The summed E-state index contributed by atoms with van der Waals surface area (Å²) in [5.74, 6) is 0. The van der Waals surface area contributed by atoms with Gasteiger partial charge in [0.1, 0.15) is 0 Å². The molecule has 0 saturated heterocycles. The van der Waals surface area contributed by atoms with E-state index in [-0.39, 0.29) is 11.3 Å². The number of aldehydes is 1. The van der Waals surface area contributed by atoms with Gasteiger partial charge in [-0.2, -0.15) is 0 Å². The van der Waals surface area contributed by atoms with E-state index in [0.29, 0.717) is 4.91 Å². The summed E-state index contributed by atoms with van der Waals surface area (Å²) in [5, 5.41) is 3.45. The topological polar surface area (TPSA) is 70.7 Å². The Hall–Kier alpha value is -1.69. The number of nitrogens with zero attached hydrogens (tertiary/aromatic N) is 2. The van der Waals surface area contributed by atoms with Crippen molar-refractivity contribution in [3.8, 4) is 0 Å². The number of hydrogen-bond donors (Lipinski definition) is 2. The Bertz CT molecular complexity index is 593. The van der Waals surface area contributed by atoms with E-state index in [9.17, 15) is 4.79 Å². The molecular formula is C21H36N4OS. The van der Waals surface area contributed by atoms with Gasteiger partial charge in [0.2, 0.25) is 0 Å². The van der Waals surface area contributed by atoms with E-state index in [1.807, 2.05) is 25.1 Å². The number of allylic oxidation sites excluding steroid dienone is 3. The fraction of sp³-hybridized carbons (Fsp3) is 0.619. The number of carbonyl (C=O) groups is 1. The predicted octanol–water partition coefficient (Wildman–Crippen LogP) is 4.19. The number of nitrogens with one attached hydrogen (secondary N) is 1. The molecule has 1 heterocycles. The van der Waals surface area contributed by atoms with Crippen LogP contribution in [-0.4, -0.2) is 42.9 Å². The normalized spacial score (nSPS) is 20.6. The number of thioether (sulfide) groups is 1. The van der Waals surface area contributed by atoms with Crippen molar-refractivity contribution in [2.45, 2.75) is 70.6 Å². The molecule has 27 heavy (non-hydrogen) atoms. The summed E-state index contributed by atoms with van der Waals surface area (Å²) in [6.45, 7) is 6.47. The molecule has 6 heteroatoms. The van der Waals surface area contributed by atoms with Gasteiger partial charge >= 0.3 is 0 Å². The molecule has 0 aromatic carbocycles. The van der Waals surface area contributed by atoms with Gasteiger partial charge in [0.15, 0.2) is 6.29 Å². The molecule has 1 rings (SSSR count). The molecule has 2 unspecified atom stereocenters. The number of rotatable bonds is 12. The third-order valence-corrected chi connectivity index (χ3v) is 5.75. The summed E-state index contributed by atoms with van der Waals surface area (Å²) < 4.78 is 0. The number of hydrogen-bond acceptors (Lipinski definition) is 5. The van der Waals surface area contributed by atoms with E-state index < -0.39 is 0 Å². The average Bonchev–Trinajstić information content (AvgIpc) is 2.94. The summed E-state index contributed by atoms with van der Waals surface area (Å²) in [6, 6.07) is 0.274. The molecule has 0 amide bonds. The smallest absolute Gasteiger partial charge is 0.158 e. The van der Waals surface area contributed by atoms with Gasteiger partial charge in [-0.3, -0.25) is 9.79 Å². The minimum atomic E-state index is 0.172. The molecule has 2 atom stereocenters. The second kappa shape index (κ2) is 12.7. The van der Waals surface area contributed by atoms with Gasteiger partial charge in [-0.05, 0) is 32.5 Å². The highest BCUT2D eigenvalue weighted by molar-refractivity contribution is 8.05. The minimum absolute atomic E-state index is 0.172. The SMILES string of the molecule is CCCCCCCC(C)N=CNC1=C(C=O)SC(C)/C1=C(\C=C/N)N(C)C. The average molecular weight is 393 g/mol. The number of unbranched alkanes of at least 4 members (excludes halogenated alkanes) is 4. The molecule has 3 N–H and O–H groups in total. The highest BCUT2D eigenvalue weighted by atomic mass is 32.2. The van der Waals surface area contributed by atoms with Crippen molar-refractivity contribution in [2.75, 3.05) is 14.1 Å². The Morgan fingerprint density at radius 1 is 1.33 bits per heavy atom. The zero-order valence-corrected chi connectivity index (χ0v) is 18.3. The first kappa shape index (κ1) is 23.3. The molecule has 0 bridgehead atoms. The summed E-state index contributed by atoms with van der Waals surface area (Å²) in [7, 11) is 3.95. The molecule has 1 aliphatic rings. The predicted molar refractivity (Wildman–Crippen MR) is 119 cm³/mol. The van der Waals surface area contributed by atoms with Crippen molar-refractivity contribution in [3.05, 3.63) is 34.1 Å². The zero-order chi connectivity index (χ0) is 20.2. The lowest BCUT2D eigenvalue weighted by Gasteiger charge is -2.21. The van der Waals surface area contributed by atoms with Crippen LogP contribution in [0.5, 0.6) is 0 Å². The lowest BCUT2D eigenvalue weighted by atomic mass is 10.1. The maximum Gasteiger partial charge on any atom is 0.158 e. The molecule has 0 aliphatic carbocycles. The summed E-state index contributed by atoms with van der Waals surface area (Å²) in [4.78, 5) is 18.9. The van der Waals surface area contributed by atoms with E-state index >= 15 is 0 Å². The number of aliphatic imine (C=N–C) groups is 1. The Morgan fingerprint density at radius 2 is 2.04 bits per heavy atom. The minimum Gasteiger partial charge on any atom is -0.405 e. The van der Waals surface area contributed by atoms with Crippen molar-refractivity contribution in [3.63, 3.8) is 0 Å². The number of likely N-dealkylation sites (N-methyl/N-ethyl adjacent to an activating group) is 1. The van der Waals surface area contributed by atoms with Gasteiger partial charge in [-0.1, -0.05) is 39.0 Å². The molecule has 0 saturated carbocycles. The van der Waals surface area contributed by atoms with E-state index in [2.05, 4.69) is 31.1 Å². The quantitative estimate of drug-likeness (QED) is 0.226. The van der Waals surface area contributed by atoms with Gasteiger partial charge in [0.05, 0.1) is 16.9 Å². The largest absolute Gasteiger partial charge is 0.405 e. The molecule has 1 aliphatic heterocycles. The summed E-state index contributed by atoms with van der Waals surface area (Å²) in [5.41, 5.74) is 8.54. The monoisotopic (exact) mass is 392 g/mol. The van der Waals surface area contributed by atoms with E-state index in [4.69, 9.17) is 5.73 Å².